The summed E-state index contributed by atoms with van der Waals surface area (Å²) in [5.41, 5.74) is 0. The van der Waals surface area contributed by atoms with Gasteiger partial charge in [-0.2, -0.15) is 0 Å². The van der Waals surface area contributed by atoms with Gasteiger partial charge in [0.2, 0.25) is 11.8 Å². The molecule has 0 heterocycles. The number of hydrogen-bond acceptors (Lipinski definition) is 8. The van der Waals surface area contributed by atoms with E-state index < -0.39 is 31.7 Å². The van der Waals surface area contributed by atoms with Gasteiger partial charge in [-0.05, 0) is 12.8 Å². The van der Waals surface area contributed by atoms with Gasteiger partial charge in [-0.1, -0.05) is 27.7 Å². The van der Waals surface area contributed by atoms with Crippen molar-refractivity contribution in [3.63, 3.8) is 0 Å². The van der Waals surface area contributed by atoms with Crippen molar-refractivity contribution >= 4 is 69.8 Å². The van der Waals surface area contributed by atoms with Crippen molar-refractivity contribution in [2.75, 3.05) is 24.6 Å². The largest absolute Gasteiger partial charge is 2.00 e. The van der Waals surface area contributed by atoms with Crippen LogP contribution in [0.25, 0.3) is 0 Å². The molecule has 0 rings (SSSR count). The Labute approximate surface area is 191 Å². The van der Waals surface area contributed by atoms with Crippen LogP contribution < -0.4 is 10.6 Å². The number of amides is 2. The summed E-state index contributed by atoms with van der Waals surface area (Å²) in [7, 11) is -8.29. The molecule has 0 saturated heterocycles. The van der Waals surface area contributed by atoms with Crippen molar-refractivity contribution in [3.05, 3.63) is 0 Å². The molecule has 0 radical (unpaired) electrons. The molecule has 0 saturated carbocycles. The van der Waals surface area contributed by atoms with Crippen LogP contribution in [0.3, 0.4) is 0 Å². The molecular formula is C14H28CaN2O8S2. The number of nitrogens with one attached hydrogen (secondary N) is 2. The zero-order valence-corrected chi connectivity index (χ0v) is 20.0. The molecule has 0 aromatic carbocycles. The molecule has 2 N–H and O–H groups in total. The van der Waals surface area contributed by atoms with E-state index in [0.29, 0.717) is 0 Å². The van der Waals surface area contributed by atoms with Crippen LogP contribution in [0.15, 0.2) is 0 Å². The minimum absolute atomic E-state index is 0. The van der Waals surface area contributed by atoms with Gasteiger partial charge in [-0.3, -0.25) is 9.59 Å². The first-order chi connectivity index (χ1) is 11.7. The van der Waals surface area contributed by atoms with Gasteiger partial charge in [0, 0.05) is 36.4 Å². The third kappa shape index (κ3) is 26.0. The summed E-state index contributed by atoms with van der Waals surface area (Å²) in [6.07, 6.45) is 0.342. The van der Waals surface area contributed by atoms with Crippen molar-refractivity contribution in [1.29, 1.82) is 0 Å². The third-order valence-corrected chi connectivity index (χ3v) is 4.37. The molecule has 0 aromatic heterocycles. The third-order valence-electron chi connectivity index (χ3n) is 2.79. The number of carbonyl (C=O) groups is 2. The van der Waals surface area contributed by atoms with E-state index in [9.17, 15) is 35.5 Å². The van der Waals surface area contributed by atoms with E-state index in [4.69, 9.17) is 0 Å². The molecule has 0 spiro atoms. The second-order valence-electron chi connectivity index (χ2n) is 6.12. The van der Waals surface area contributed by atoms with Crippen LogP contribution in [0.4, 0.5) is 0 Å². The fourth-order valence-electron chi connectivity index (χ4n) is 1.33. The van der Waals surface area contributed by atoms with Crippen molar-refractivity contribution in [2.45, 2.75) is 40.5 Å². The molecule has 13 heteroatoms. The number of hydrogen-bond donors (Lipinski definition) is 2. The molecule has 0 fully saturated rings. The molecule has 0 aliphatic rings. The van der Waals surface area contributed by atoms with E-state index in [2.05, 4.69) is 10.6 Å². The maximum Gasteiger partial charge on any atom is 2.00 e. The van der Waals surface area contributed by atoms with Gasteiger partial charge in [0.05, 0.1) is 20.2 Å². The molecule has 10 nitrogen and oxygen atoms in total. The Balaban J connectivity index is -0.000000411. The Kier molecular flexibility index (Phi) is 18.7. The van der Waals surface area contributed by atoms with Gasteiger partial charge in [0.15, 0.2) is 0 Å². The Hall–Kier alpha value is 0.0197. The van der Waals surface area contributed by atoms with Gasteiger partial charge < -0.3 is 19.7 Å². The normalized spacial score (nSPS) is 11.3. The average Bonchev–Trinajstić information content (AvgIpc) is 2.46. The predicted molar refractivity (Wildman–Crippen MR) is 99.8 cm³/mol. The Morgan fingerprint density at radius 3 is 1.19 bits per heavy atom. The summed E-state index contributed by atoms with van der Waals surface area (Å²) in [5.74, 6) is -1.36. The van der Waals surface area contributed by atoms with E-state index in [0.717, 1.165) is 0 Å². The van der Waals surface area contributed by atoms with Gasteiger partial charge in [0.1, 0.15) is 0 Å². The summed E-state index contributed by atoms with van der Waals surface area (Å²) in [6, 6.07) is 0. The van der Waals surface area contributed by atoms with Crippen molar-refractivity contribution in [2.24, 2.45) is 11.8 Å². The topological polar surface area (TPSA) is 173 Å². The summed E-state index contributed by atoms with van der Waals surface area (Å²) in [4.78, 5) is 21.9. The molecule has 156 valence electrons. The van der Waals surface area contributed by atoms with Crippen molar-refractivity contribution in [1.82, 2.24) is 10.6 Å². The minimum Gasteiger partial charge on any atom is -0.748 e. The predicted octanol–water partition coefficient (Wildman–Crippen LogP) is -0.993. The zero-order chi connectivity index (χ0) is 21.0. The van der Waals surface area contributed by atoms with Crippen LogP contribution in [0, 0.1) is 11.8 Å². The molecule has 0 aliphatic heterocycles. The maximum absolute atomic E-state index is 10.9. The van der Waals surface area contributed by atoms with Crippen LogP contribution in [0.1, 0.15) is 40.5 Å². The smallest absolute Gasteiger partial charge is 0.748 e. The fourth-order valence-corrected chi connectivity index (χ4v) is 2.33. The fraction of sp³-hybridized carbons (Fsp3) is 0.857. The summed E-state index contributed by atoms with van der Waals surface area (Å²) in [5, 5.41) is 5.02. The molecule has 0 unspecified atom stereocenters. The quantitative estimate of drug-likeness (QED) is 0.239. The Morgan fingerprint density at radius 2 is 1.00 bits per heavy atom. The summed E-state index contributed by atoms with van der Waals surface area (Å²) >= 11 is 0. The van der Waals surface area contributed by atoms with E-state index >= 15 is 0 Å². The van der Waals surface area contributed by atoms with Gasteiger partial charge in [0.25, 0.3) is 0 Å². The van der Waals surface area contributed by atoms with E-state index in [1.165, 1.54) is 0 Å². The second-order valence-corrected chi connectivity index (χ2v) is 9.17. The van der Waals surface area contributed by atoms with Crippen LogP contribution >= 0.6 is 0 Å². The monoisotopic (exact) mass is 456 g/mol. The van der Waals surface area contributed by atoms with E-state index in [1.54, 1.807) is 27.7 Å². The first kappa shape index (κ1) is 31.7. The Morgan fingerprint density at radius 1 is 0.741 bits per heavy atom. The summed E-state index contributed by atoms with van der Waals surface area (Å²) < 4.78 is 60.8. The van der Waals surface area contributed by atoms with E-state index in [1.807, 2.05) is 0 Å². The SMILES string of the molecule is CC(C)C(=O)NCCCS(=O)(=O)[O-].CC(C)C(=O)NCCCS(=O)(=O)[O-].[Ca+2]. The molecular weight excluding hydrogens is 428 g/mol. The van der Waals surface area contributed by atoms with Gasteiger partial charge >= 0.3 is 37.7 Å². The molecule has 2 amide bonds. The molecule has 0 aromatic rings. The van der Waals surface area contributed by atoms with Crippen LogP contribution in [-0.2, 0) is 29.8 Å². The standard InChI is InChI=1S/2C7H15NO4S.Ca/c2*1-6(2)7(9)8-4-3-5-13(10,11)12;/h2*6H,3-5H2,1-2H3,(H,8,9)(H,10,11,12);/q;;+2/p-2. The summed E-state index contributed by atoms with van der Waals surface area (Å²) in [6.45, 7) is 7.41. The van der Waals surface area contributed by atoms with Gasteiger partial charge in [-0.15, -0.1) is 0 Å². The molecule has 0 aliphatic carbocycles. The minimum atomic E-state index is -4.14. The van der Waals surface area contributed by atoms with Crippen molar-refractivity contribution < 1.29 is 35.5 Å². The first-order valence-electron chi connectivity index (χ1n) is 8.08. The van der Waals surface area contributed by atoms with Gasteiger partial charge in [-0.25, -0.2) is 16.8 Å². The van der Waals surface area contributed by atoms with Crippen LogP contribution in [0.2, 0.25) is 0 Å². The van der Waals surface area contributed by atoms with E-state index in [-0.39, 0.29) is 87.3 Å². The number of carbonyl (C=O) groups excluding carboxylic acids is 2. The number of rotatable bonds is 10. The molecule has 0 bridgehead atoms. The second kappa shape index (κ2) is 15.9. The van der Waals surface area contributed by atoms with Crippen LogP contribution in [0.5, 0.6) is 0 Å². The maximum atomic E-state index is 10.9. The average molecular weight is 457 g/mol. The zero-order valence-electron chi connectivity index (χ0n) is 16.2. The first-order valence-corrected chi connectivity index (χ1v) is 11.2. The van der Waals surface area contributed by atoms with Crippen molar-refractivity contribution in [3.8, 4) is 0 Å². The molecule has 27 heavy (non-hydrogen) atoms. The Bertz CT molecular complexity index is 578. The molecule has 0 atom stereocenters. The van der Waals surface area contributed by atoms with Crippen LogP contribution in [-0.4, -0.2) is 100 Å².